The molecule has 2 nitrogen and oxygen atoms in total. The van der Waals surface area contributed by atoms with Gasteiger partial charge in [0.05, 0.1) is 22.6 Å². The Kier molecular flexibility index (Phi) is 3.57. The molecule has 3 N–H and O–H groups in total. The van der Waals surface area contributed by atoms with E-state index in [-0.39, 0.29) is 5.69 Å². The molecule has 0 aliphatic rings. The molecule has 0 aliphatic heterocycles. The lowest BCUT2D eigenvalue weighted by Crippen LogP contribution is -2.07. The first-order valence-electron chi connectivity index (χ1n) is 5.78. The molecule has 6 heteroatoms. The zero-order valence-electron chi connectivity index (χ0n) is 10.6. The van der Waals surface area contributed by atoms with Crippen molar-refractivity contribution in [3.05, 3.63) is 53.3 Å². The number of rotatable bonds is 2. The summed E-state index contributed by atoms with van der Waals surface area (Å²) in [5.41, 5.74) is 6.09. The number of hydrogen-bond acceptors (Lipinski definition) is 2. The minimum absolute atomic E-state index is 0.267. The number of benzene rings is 2. The Morgan fingerprint density at radius 1 is 1.05 bits per heavy atom. The number of anilines is 3. The third-order valence-electron chi connectivity index (χ3n) is 2.89. The Balaban J connectivity index is 2.41. The maximum absolute atomic E-state index is 13.6. The molecule has 0 fully saturated rings. The first-order chi connectivity index (χ1) is 9.29. The molecule has 0 spiro atoms. The fraction of sp³-hybridized carbons (Fsp3) is 0.143. The van der Waals surface area contributed by atoms with Crippen molar-refractivity contribution in [3.8, 4) is 0 Å². The average Bonchev–Trinajstić information content (AvgIpc) is 2.36. The van der Waals surface area contributed by atoms with Gasteiger partial charge in [-0.2, -0.15) is 13.2 Å². The molecule has 0 saturated carbocycles. The highest BCUT2D eigenvalue weighted by Gasteiger charge is 2.31. The summed E-state index contributed by atoms with van der Waals surface area (Å²) in [4.78, 5) is 0. The Labute approximate surface area is 113 Å². The summed E-state index contributed by atoms with van der Waals surface area (Å²) < 4.78 is 51.4. The molecule has 2 aromatic carbocycles. The second-order valence-corrected chi connectivity index (χ2v) is 4.35. The van der Waals surface area contributed by atoms with E-state index in [1.807, 2.05) is 0 Å². The van der Waals surface area contributed by atoms with E-state index in [1.165, 1.54) is 0 Å². The highest BCUT2D eigenvalue weighted by atomic mass is 19.4. The van der Waals surface area contributed by atoms with Gasteiger partial charge in [0.15, 0.2) is 0 Å². The molecule has 0 amide bonds. The first-order valence-corrected chi connectivity index (χ1v) is 5.78. The zero-order chi connectivity index (χ0) is 14.9. The molecule has 20 heavy (non-hydrogen) atoms. The van der Waals surface area contributed by atoms with Crippen molar-refractivity contribution in [2.24, 2.45) is 0 Å². The number of nitrogen functional groups attached to an aromatic ring is 1. The summed E-state index contributed by atoms with van der Waals surface area (Å²) >= 11 is 0. The van der Waals surface area contributed by atoms with Gasteiger partial charge in [0.1, 0.15) is 5.82 Å². The highest BCUT2D eigenvalue weighted by molar-refractivity contribution is 5.75. The van der Waals surface area contributed by atoms with Crippen molar-refractivity contribution >= 4 is 17.1 Å². The average molecular weight is 284 g/mol. The van der Waals surface area contributed by atoms with E-state index in [4.69, 9.17) is 5.73 Å². The molecule has 0 bridgehead atoms. The van der Waals surface area contributed by atoms with Crippen molar-refractivity contribution < 1.29 is 17.6 Å². The van der Waals surface area contributed by atoms with Crippen LogP contribution in [0, 0.1) is 12.7 Å². The third kappa shape index (κ3) is 2.84. The summed E-state index contributed by atoms with van der Waals surface area (Å²) in [6.07, 6.45) is -4.53. The van der Waals surface area contributed by atoms with E-state index in [1.54, 1.807) is 25.1 Å². The van der Waals surface area contributed by atoms with Crippen molar-refractivity contribution in [3.63, 3.8) is 0 Å². The van der Waals surface area contributed by atoms with Crippen molar-refractivity contribution in [1.29, 1.82) is 0 Å². The number of hydrogen-bond donors (Lipinski definition) is 2. The van der Waals surface area contributed by atoms with Gasteiger partial charge in [-0.15, -0.1) is 0 Å². The molecule has 0 heterocycles. The van der Waals surface area contributed by atoms with Crippen LogP contribution in [-0.4, -0.2) is 0 Å². The maximum Gasteiger partial charge on any atom is 0.416 e. The van der Waals surface area contributed by atoms with Crippen LogP contribution in [0.1, 0.15) is 11.1 Å². The Morgan fingerprint density at radius 3 is 2.40 bits per heavy atom. The van der Waals surface area contributed by atoms with Crippen LogP contribution >= 0.6 is 0 Å². The number of nitrogens with two attached hydrogens (primary N) is 1. The summed E-state index contributed by atoms with van der Waals surface area (Å²) in [5, 5.41) is 2.59. The van der Waals surface area contributed by atoms with Crippen LogP contribution in [-0.2, 0) is 6.18 Å². The second kappa shape index (κ2) is 5.03. The molecule has 106 valence electrons. The molecule has 0 atom stereocenters. The van der Waals surface area contributed by atoms with Gasteiger partial charge in [0.2, 0.25) is 0 Å². The number of nitrogens with one attached hydrogen (secondary N) is 1. The number of halogens is 4. The van der Waals surface area contributed by atoms with E-state index in [0.717, 1.165) is 17.7 Å². The molecular formula is C14H12F4N2. The fourth-order valence-electron chi connectivity index (χ4n) is 1.73. The van der Waals surface area contributed by atoms with Crippen LogP contribution in [0.2, 0.25) is 0 Å². The Bertz CT molecular complexity index is 636. The molecule has 0 radical (unpaired) electrons. The first kappa shape index (κ1) is 14.2. The Morgan fingerprint density at radius 2 is 1.75 bits per heavy atom. The fourth-order valence-corrected chi connectivity index (χ4v) is 1.73. The van der Waals surface area contributed by atoms with Gasteiger partial charge in [-0.25, -0.2) is 4.39 Å². The van der Waals surface area contributed by atoms with E-state index in [9.17, 15) is 17.6 Å². The number of para-hydroxylation sites is 1. The topological polar surface area (TPSA) is 38.0 Å². The molecule has 0 aliphatic carbocycles. The summed E-state index contributed by atoms with van der Waals surface area (Å²) in [5.74, 6) is -0.779. The normalized spacial score (nSPS) is 11.4. The van der Waals surface area contributed by atoms with Gasteiger partial charge in [-0.1, -0.05) is 12.1 Å². The van der Waals surface area contributed by atoms with E-state index >= 15 is 0 Å². The predicted octanol–water partition coefficient (Wildman–Crippen LogP) is 4.48. The van der Waals surface area contributed by atoms with E-state index in [0.29, 0.717) is 17.4 Å². The van der Waals surface area contributed by atoms with Gasteiger partial charge in [-0.05, 0) is 36.8 Å². The molecule has 2 rings (SSSR count). The van der Waals surface area contributed by atoms with Crippen LogP contribution in [0.3, 0.4) is 0 Å². The predicted molar refractivity (Wildman–Crippen MR) is 70.3 cm³/mol. The molecule has 2 aromatic rings. The number of alkyl halides is 3. The van der Waals surface area contributed by atoms with Crippen molar-refractivity contribution in [1.82, 2.24) is 0 Å². The summed E-state index contributed by atoms with van der Waals surface area (Å²) in [7, 11) is 0. The highest BCUT2D eigenvalue weighted by Crippen LogP contribution is 2.33. The third-order valence-corrected chi connectivity index (χ3v) is 2.89. The van der Waals surface area contributed by atoms with Gasteiger partial charge in [0.25, 0.3) is 0 Å². The zero-order valence-corrected chi connectivity index (χ0v) is 10.6. The van der Waals surface area contributed by atoms with Crippen molar-refractivity contribution in [2.75, 3.05) is 11.1 Å². The number of aryl methyl sites for hydroxylation is 1. The van der Waals surface area contributed by atoms with Gasteiger partial charge in [0, 0.05) is 0 Å². The molecule has 0 aromatic heterocycles. The minimum atomic E-state index is -4.53. The van der Waals surface area contributed by atoms with E-state index in [2.05, 4.69) is 5.32 Å². The lowest BCUT2D eigenvalue weighted by molar-refractivity contribution is -0.137. The minimum Gasteiger partial charge on any atom is -0.397 e. The summed E-state index contributed by atoms with van der Waals surface area (Å²) in [6, 6.07) is 7.19. The quantitative estimate of drug-likeness (QED) is 0.630. The standard InChI is InChI=1S/C14H12F4N2/c1-8-3-2-4-11(13(8)19)20-12-7-9(14(16,17)18)5-6-10(12)15/h2-7,20H,19H2,1H3. The van der Waals surface area contributed by atoms with Crippen LogP contribution in [0.15, 0.2) is 36.4 Å². The van der Waals surface area contributed by atoms with Crippen LogP contribution in [0.4, 0.5) is 34.6 Å². The maximum atomic E-state index is 13.6. The second-order valence-electron chi connectivity index (χ2n) is 4.35. The smallest absolute Gasteiger partial charge is 0.397 e. The summed E-state index contributed by atoms with van der Waals surface area (Å²) in [6.45, 7) is 1.75. The SMILES string of the molecule is Cc1cccc(Nc2cc(C(F)(F)F)ccc2F)c1N. The molecule has 0 saturated heterocycles. The van der Waals surface area contributed by atoms with E-state index < -0.39 is 17.6 Å². The molecular weight excluding hydrogens is 272 g/mol. The van der Waals surface area contributed by atoms with Crippen molar-refractivity contribution in [2.45, 2.75) is 13.1 Å². The van der Waals surface area contributed by atoms with Gasteiger partial charge >= 0.3 is 6.18 Å². The lowest BCUT2D eigenvalue weighted by Gasteiger charge is -2.14. The van der Waals surface area contributed by atoms with Crippen LogP contribution < -0.4 is 11.1 Å². The van der Waals surface area contributed by atoms with Crippen LogP contribution in [0.5, 0.6) is 0 Å². The monoisotopic (exact) mass is 284 g/mol. The van der Waals surface area contributed by atoms with Crippen LogP contribution in [0.25, 0.3) is 0 Å². The van der Waals surface area contributed by atoms with Gasteiger partial charge in [-0.3, -0.25) is 0 Å². The van der Waals surface area contributed by atoms with Gasteiger partial charge < -0.3 is 11.1 Å². The largest absolute Gasteiger partial charge is 0.416 e. The lowest BCUT2D eigenvalue weighted by atomic mass is 10.1. The molecule has 0 unspecified atom stereocenters. The Hall–Kier alpha value is -2.24.